The van der Waals surface area contributed by atoms with Crippen LogP contribution in [0.4, 0.5) is 10.2 Å². The van der Waals surface area contributed by atoms with Gasteiger partial charge in [-0.3, -0.25) is 0 Å². The summed E-state index contributed by atoms with van der Waals surface area (Å²) in [5.41, 5.74) is 0.186. The van der Waals surface area contributed by atoms with Gasteiger partial charge >= 0.3 is 5.97 Å². The highest BCUT2D eigenvalue weighted by atomic mass is 32.2. The molecule has 2 N–H and O–H groups in total. The maximum atomic E-state index is 13.7. The lowest BCUT2D eigenvalue weighted by atomic mass is 10.0. The minimum Gasteiger partial charge on any atom is -0.494 e. The molecule has 0 saturated carbocycles. The number of hydrogen-bond acceptors (Lipinski definition) is 7. The first-order valence-corrected chi connectivity index (χ1v) is 10.4. The van der Waals surface area contributed by atoms with Crippen molar-refractivity contribution in [3.05, 3.63) is 29.6 Å². The number of aromatic nitrogens is 1. The van der Waals surface area contributed by atoms with Crippen molar-refractivity contribution in [2.75, 3.05) is 31.4 Å². The van der Waals surface area contributed by atoms with E-state index in [9.17, 15) is 22.7 Å². The third-order valence-corrected chi connectivity index (χ3v) is 5.24. The lowest BCUT2D eigenvalue weighted by Crippen LogP contribution is -2.44. The summed E-state index contributed by atoms with van der Waals surface area (Å²) in [6.07, 6.45) is 2.10. The molecule has 2 aromatic rings. The van der Waals surface area contributed by atoms with Gasteiger partial charge < -0.3 is 19.3 Å². The monoisotopic (exact) mass is 413 g/mol. The number of anilines is 1. The molecule has 0 radical (unpaired) electrons. The van der Waals surface area contributed by atoms with Gasteiger partial charge in [0, 0.05) is 24.7 Å². The van der Waals surface area contributed by atoms with Crippen LogP contribution in [0.1, 0.15) is 23.2 Å². The van der Waals surface area contributed by atoms with Crippen LogP contribution in [0.3, 0.4) is 0 Å². The Hall–Kier alpha value is -2.66. The lowest BCUT2D eigenvalue weighted by molar-refractivity contribution is 0.0697. The number of aromatic carboxylic acids is 1. The zero-order valence-corrected chi connectivity index (χ0v) is 16.1. The summed E-state index contributed by atoms with van der Waals surface area (Å²) in [6.45, 7) is 0.818. The first kappa shape index (κ1) is 20.1. The molecule has 0 amide bonds. The predicted molar refractivity (Wildman–Crippen MR) is 98.6 cm³/mol. The van der Waals surface area contributed by atoms with Crippen LogP contribution in [-0.4, -0.2) is 57.1 Å². The van der Waals surface area contributed by atoms with Crippen LogP contribution in [0.25, 0.3) is 11.3 Å². The molecule has 9 nitrogen and oxygen atoms in total. The van der Waals surface area contributed by atoms with E-state index in [0.717, 1.165) is 12.3 Å². The smallest absolute Gasteiger partial charge is 0.343 e. The highest BCUT2D eigenvalue weighted by Crippen LogP contribution is 2.34. The van der Waals surface area contributed by atoms with Crippen molar-refractivity contribution in [3.8, 4) is 17.1 Å². The van der Waals surface area contributed by atoms with Gasteiger partial charge in [0.2, 0.25) is 10.0 Å². The van der Waals surface area contributed by atoms with Crippen molar-refractivity contribution in [2.24, 2.45) is 0 Å². The molecule has 0 bridgehead atoms. The average Bonchev–Trinajstić information content (AvgIpc) is 3.07. The van der Waals surface area contributed by atoms with Crippen molar-refractivity contribution in [1.29, 1.82) is 0 Å². The number of nitrogens with one attached hydrogen (secondary N) is 1. The standard InChI is InChI=1S/C17H20FN3O6S/c1-26-13-9-10(3-4-12(13)18)15-14(17(22)23)16(19-27-15)21-7-5-11(6-8-21)20-28(2,24)25/h3-4,9,11,20H,5-8H2,1-2H3,(H,22,23). The number of ether oxygens (including phenoxy) is 1. The molecule has 0 spiro atoms. The second kappa shape index (κ2) is 7.76. The second-order valence-electron chi connectivity index (χ2n) is 6.52. The molecule has 0 atom stereocenters. The molecule has 152 valence electrons. The van der Waals surface area contributed by atoms with Crippen LogP contribution in [0.15, 0.2) is 22.7 Å². The van der Waals surface area contributed by atoms with E-state index in [1.165, 1.54) is 19.2 Å². The maximum absolute atomic E-state index is 13.7. The van der Waals surface area contributed by atoms with E-state index in [2.05, 4.69) is 9.88 Å². The molecular formula is C17H20FN3O6S. The number of methoxy groups -OCH3 is 1. The molecule has 1 aliphatic heterocycles. The molecular weight excluding hydrogens is 393 g/mol. The molecule has 1 saturated heterocycles. The molecule has 1 aromatic heterocycles. The zero-order chi connectivity index (χ0) is 20.5. The molecule has 3 rings (SSSR count). The highest BCUT2D eigenvalue weighted by Gasteiger charge is 2.31. The van der Waals surface area contributed by atoms with Crippen LogP contribution < -0.4 is 14.4 Å². The normalized spacial score (nSPS) is 15.6. The highest BCUT2D eigenvalue weighted by molar-refractivity contribution is 7.88. The topological polar surface area (TPSA) is 122 Å². The number of carboxylic acids is 1. The van der Waals surface area contributed by atoms with E-state index < -0.39 is 21.8 Å². The fourth-order valence-corrected chi connectivity index (χ4v) is 4.04. The van der Waals surface area contributed by atoms with E-state index in [1.807, 2.05) is 0 Å². The summed E-state index contributed by atoms with van der Waals surface area (Å²) < 4.78 is 49.1. The Morgan fingerprint density at radius 2 is 2.07 bits per heavy atom. The van der Waals surface area contributed by atoms with Gasteiger partial charge in [-0.25, -0.2) is 22.3 Å². The minimum absolute atomic E-state index is 0.00261. The van der Waals surface area contributed by atoms with Gasteiger partial charge in [0.15, 0.2) is 28.7 Å². The third kappa shape index (κ3) is 4.25. The summed E-state index contributed by atoms with van der Waals surface area (Å²) in [4.78, 5) is 13.6. The lowest BCUT2D eigenvalue weighted by Gasteiger charge is -2.32. The quantitative estimate of drug-likeness (QED) is 0.734. The fourth-order valence-electron chi connectivity index (χ4n) is 3.20. The summed E-state index contributed by atoms with van der Waals surface area (Å²) in [6, 6.07) is 3.67. The van der Waals surface area contributed by atoms with Crippen molar-refractivity contribution in [3.63, 3.8) is 0 Å². The number of hydrogen-bond donors (Lipinski definition) is 2. The number of halogens is 1. The van der Waals surface area contributed by atoms with Crippen LogP contribution in [0.2, 0.25) is 0 Å². The van der Waals surface area contributed by atoms with E-state index >= 15 is 0 Å². The molecule has 28 heavy (non-hydrogen) atoms. The first-order chi connectivity index (χ1) is 13.2. The molecule has 0 unspecified atom stereocenters. The van der Waals surface area contributed by atoms with Gasteiger partial charge in [-0.1, -0.05) is 5.16 Å². The Bertz CT molecular complexity index is 983. The van der Waals surface area contributed by atoms with Crippen LogP contribution in [-0.2, 0) is 10.0 Å². The van der Waals surface area contributed by atoms with Gasteiger partial charge in [-0.2, -0.15) is 0 Å². The van der Waals surface area contributed by atoms with Gasteiger partial charge in [0.1, 0.15) is 0 Å². The maximum Gasteiger partial charge on any atom is 0.343 e. The van der Waals surface area contributed by atoms with Crippen molar-refractivity contribution in [1.82, 2.24) is 9.88 Å². The summed E-state index contributed by atoms with van der Waals surface area (Å²) >= 11 is 0. The largest absolute Gasteiger partial charge is 0.494 e. The molecule has 1 aliphatic rings. The van der Waals surface area contributed by atoms with E-state index in [1.54, 1.807) is 4.90 Å². The van der Waals surface area contributed by atoms with Crippen molar-refractivity contribution >= 4 is 21.8 Å². The SMILES string of the molecule is COc1cc(-c2onc(N3CCC(NS(C)(=O)=O)CC3)c2C(=O)O)ccc1F. The Kier molecular flexibility index (Phi) is 5.57. The number of carbonyl (C=O) groups is 1. The van der Waals surface area contributed by atoms with Gasteiger partial charge in [-0.05, 0) is 31.0 Å². The average molecular weight is 413 g/mol. The second-order valence-corrected chi connectivity index (χ2v) is 8.30. The van der Waals surface area contributed by atoms with Gasteiger partial charge in [0.05, 0.1) is 13.4 Å². The van der Waals surface area contributed by atoms with E-state index in [0.29, 0.717) is 31.5 Å². The third-order valence-electron chi connectivity index (χ3n) is 4.48. The number of rotatable bonds is 6. The minimum atomic E-state index is -3.31. The number of piperidine rings is 1. The van der Waals surface area contributed by atoms with E-state index in [-0.39, 0.29) is 28.9 Å². The number of benzene rings is 1. The predicted octanol–water partition coefficient (Wildman–Crippen LogP) is 1.71. The van der Waals surface area contributed by atoms with Gasteiger partial charge in [-0.15, -0.1) is 0 Å². The zero-order valence-electron chi connectivity index (χ0n) is 15.3. The summed E-state index contributed by atoms with van der Waals surface area (Å²) in [5.74, 6) is -1.70. The molecule has 0 aliphatic carbocycles. The molecule has 1 fully saturated rings. The summed E-state index contributed by atoms with van der Waals surface area (Å²) in [5, 5.41) is 13.6. The Morgan fingerprint density at radius 1 is 1.39 bits per heavy atom. The van der Waals surface area contributed by atoms with Gasteiger partial charge in [0.25, 0.3) is 0 Å². The number of carboxylic acid groups (broad SMARTS) is 1. The Morgan fingerprint density at radius 3 is 2.64 bits per heavy atom. The van der Waals surface area contributed by atoms with Crippen LogP contribution in [0, 0.1) is 5.82 Å². The molecule has 11 heteroatoms. The van der Waals surface area contributed by atoms with Crippen molar-refractivity contribution < 1.29 is 32.0 Å². The van der Waals surface area contributed by atoms with Crippen molar-refractivity contribution in [2.45, 2.75) is 18.9 Å². The fraction of sp³-hybridized carbons (Fsp3) is 0.412. The van der Waals surface area contributed by atoms with Crippen LogP contribution in [0.5, 0.6) is 5.75 Å². The Labute approximate surface area is 161 Å². The number of nitrogens with zero attached hydrogens (tertiary/aromatic N) is 2. The first-order valence-electron chi connectivity index (χ1n) is 8.48. The Balaban J connectivity index is 1.87. The molecule has 1 aromatic carbocycles. The van der Waals surface area contributed by atoms with E-state index in [4.69, 9.17) is 9.26 Å². The summed E-state index contributed by atoms with van der Waals surface area (Å²) in [7, 11) is -2.00. The van der Waals surface area contributed by atoms with Crippen LogP contribution >= 0.6 is 0 Å². The number of sulfonamides is 1. The molecule has 2 heterocycles.